The Morgan fingerprint density at radius 2 is 1.78 bits per heavy atom. The van der Waals surface area contributed by atoms with E-state index in [9.17, 15) is 23.1 Å². The van der Waals surface area contributed by atoms with Crippen LogP contribution in [0, 0.1) is 19.3 Å². The van der Waals surface area contributed by atoms with Gasteiger partial charge in [0, 0.05) is 37.5 Å². The summed E-state index contributed by atoms with van der Waals surface area (Å²) in [5, 5.41) is 17.0. The Kier molecular flexibility index (Phi) is 8.85. The van der Waals surface area contributed by atoms with E-state index < -0.39 is 24.3 Å². The van der Waals surface area contributed by atoms with E-state index in [0.29, 0.717) is 50.4 Å². The molecule has 2 fully saturated rings. The molecule has 0 saturated carbocycles. The van der Waals surface area contributed by atoms with Crippen LogP contribution in [0.1, 0.15) is 68.5 Å². The van der Waals surface area contributed by atoms with Gasteiger partial charge in [0.2, 0.25) is 17.9 Å². The van der Waals surface area contributed by atoms with Gasteiger partial charge in [0.15, 0.2) is 0 Å². The minimum absolute atomic E-state index is 0.122. The maximum absolute atomic E-state index is 15.0. The molecule has 4 aromatic rings. The van der Waals surface area contributed by atoms with Gasteiger partial charge in [-0.1, -0.05) is 56.7 Å². The lowest BCUT2D eigenvalue weighted by molar-refractivity contribution is -0.198. The summed E-state index contributed by atoms with van der Waals surface area (Å²) in [5.74, 6) is -1.03. The van der Waals surface area contributed by atoms with Crippen molar-refractivity contribution in [3.05, 3.63) is 77.1 Å². The lowest BCUT2D eigenvalue weighted by Gasteiger charge is -2.39. The topological polar surface area (TPSA) is 131 Å². The van der Waals surface area contributed by atoms with E-state index >= 15 is 0 Å². The largest absolute Gasteiger partial charge is 0.480 e. The van der Waals surface area contributed by atoms with Crippen LogP contribution in [0.3, 0.4) is 0 Å². The molecular weight excluding hydrogens is 635 g/mol. The first-order chi connectivity index (χ1) is 23.0. The molecule has 2 aliphatic heterocycles. The average Bonchev–Trinajstić information content (AvgIpc) is 3.65. The molecule has 260 valence electrons. The number of aryl methyl sites for hydroxylation is 2. The fourth-order valence-corrected chi connectivity index (χ4v) is 6.84. The molecule has 0 amide bonds. The number of nitrogen functional groups attached to an aromatic ring is 1. The average molecular weight is 678 g/mol. The Hall–Kier alpha value is -4.65. The third-order valence-corrected chi connectivity index (χ3v) is 9.61. The highest BCUT2D eigenvalue weighted by atomic mass is 19.4. The van der Waals surface area contributed by atoms with Gasteiger partial charge in [-0.2, -0.15) is 28.2 Å². The third-order valence-electron chi connectivity index (χ3n) is 9.61. The van der Waals surface area contributed by atoms with Crippen molar-refractivity contribution in [2.45, 2.75) is 77.6 Å². The number of hydrogen-bond donors (Lipinski definition) is 3. The number of carboxylic acids is 1. The molecule has 0 aliphatic carbocycles. The van der Waals surface area contributed by atoms with Gasteiger partial charge in [-0.15, -0.1) is 0 Å². The van der Waals surface area contributed by atoms with Crippen molar-refractivity contribution >= 4 is 17.7 Å². The van der Waals surface area contributed by atoms with Gasteiger partial charge in [0.05, 0.1) is 11.4 Å². The zero-order valence-corrected chi connectivity index (χ0v) is 28.3. The van der Waals surface area contributed by atoms with E-state index in [1.807, 2.05) is 17.9 Å². The highest BCUT2D eigenvalue weighted by molar-refractivity contribution is 5.74. The number of aromatic nitrogens is 4. The van der Waals surface area contributed by atoms with Gasteiger partial charge in [0.25, 0.3) is 0 Å². The van der Waals surface area contributed by atoms with Crippen molar-refractivity contribution in [3.8, 4) is 22.7 Å². The fourth-order valence-electron chi connectivity index (χ4n) is 6.84. The predicted molar refractivity (Wildman–Crippen MR) is 181 cm³/mol. The third kappa shape index (κ3) is 7.36. The first-order valence-corrected chi connectivity index (χ1v) is 16.4. The number of benzene rings is 2. The second kappa shape index (κ2) is 12.7. The normalized spacial score (nSPS) is 18.5. The molecule has 49 heavy (non-hydrogen) atoms. The summed E-state index contributed by atoms with van der Waals surface area (Å²) in [6.45, 7) is 11.8. The molecule has 4 N–H and O–H groups in total. The van der Waals surface area contributed by atoms with Gasteiger partial charge in [-0.3, -0.25) is 4.79 Å². The fraction of sp³-hybridized carbons (Fsp3) is 0.444. The van der Waals surface area contributed by atoms with E-state index in [1.54, 1.807) is 31.3 Å². The van der Waals surface area contributed by atoms with Crippen LogP contribution in [0.15, 0.2) is 54.7 Å². The van der Waals surface area contributed by atoms with Gasteiger partial charge in [-0.25, -0.2) is 4.68 Å². The van der Waals surface area contributed by atoms with Gasteiger partial charge in [-0.05, 0) is 72.8 Å². The number of rotatable bonds is 7. The number of alkyl halides is 3. The van der Waals surface area contributed by atoms with E-state index in [2.05, 4.69) is 53.3 Å². The summed E-state index contributed by atoms with van der Waals surface area (Å²) in [6.07, 6.45) is -3.66. The van der Waals surface area contributed by atoms with Crippen molar-refractivity contribution in [2.75, 3.05) is 30.3 Å². The minimum atomic E-state index is -4.82. The monoisotopic (exact) mass is 677 g/mol. The number of anilines is 2. The minimum Gasteiger partial charge on any atom is -0.480 e. The maximum atomic E-state index is 15.0. The molecule has 13 heteroatoms. The number of ether oxygens (including phenoxy) is 1. The predicted octanol–water partition coefficient (Wildman–Crippen LogP) is 6.54. The Bertz CT molecular complexity index is 1860. The van der Waals surface area contributed by atoms with E-state index in [1.165, 1.54) is 16.8 Å². The van der Waals surface area contributed by atoms with Crippen molar-refractivity contribution in [1.29, 1.82) is 0 Å². The summed E-state index contributed by atoms with van der Waals surface area (Å²) < 4.78 is 52.1. The van der Waals surface area contributed by atoms with E-state index in [0.717, 1.165) is 22.3 Å². The Morgan fingerprint density at radius 3 is 2.39 bits per heavy atom. The number of hydrogen-bond acceptors (Lipinski definition) is 8. The zero-order valence-electron chi connectivity index (χ0n) is 28.3. The van der Waals surface area contributed by atoms with Crippen LogP contribution in [0.4, 0.5) is 24.9 Å². The van der Waals surface area contributed by atoms with Crippen molar-refractivity contribution < 1.29 is 27.8 Å². The van der Waals surface area contributed by atoms with Gasteiger partial charge < -0.3 is 25.8 Å². The number of aliphatic carboxylic acids is 1. The second-order valence-corrected chi connectivity index (χ2v) is 14.4. The number of piperidine rings is 1. The standard InChI is InChI=1S/C36H42F3N7O3/c1-21-14-24(16-25(15-21)34(3,4)5)23-6-7-26(28(17-23)46-11-8-22(2)44-46)31(36(37,38)39)49-30-18-29(42-33(40)43-30)45-12-9-35(10-13-45)19-27(32(47)48)41-20-35/h6-8,11,14-18,27,31,41H,9-10,12-13,19-20H2,1-5H3,(H,47,48)(H2,40,42,43). The highest BCUT2D eigenvalue weighted by Gasteiger charge is 2.46. The summed E-state index contributed by atoms with van der Waals surface area (Å²) in [6, 6.07) is 13.6. The molecule has 4 heterocycles. The van der Waals surface area contributed by atoms with Crippen LogP contribution in [0.5, 0.6) is 5.88 Å². The first-order valence-electron chi connectivity index (χ1n) is 16.4. The van der Waals surface area contributed by atoms with Crippen LogP contribution in [-0.4, -0.2) is 62.7 Å². The molecule has 2 saturated heterocycles. The molecule has 2 aliphatic rings. The second-order valence-electron chi connectivity index (χ2n) is 14.4. The van der Waals surface area contributed by atoms with Crippen molar-refractivity contribution in [3.63, 3.8) is 0 Å². The number of nitrogens with zero attached hydrogens (tertiary/aromatic N) is 5. The van der Waals surface area contributed by atoms with E-state index in [4.69, 9.17) is 10.5 Å². The Morgan fingerprint density at radius 1 is 1.04 bits per heavy atom. The SMILES string of the molecule is Cc1cc(-c2ccc(C(Oc3cc(N4CCC5(CC4)CNC(C(=O)O)C5)nc(N)n3)C(F)(F)F)c(-n3ccc(C)n3)c2)cc(C(C)(C)C)c1. The van der Waals surface area contributed by atoms with Crippen LogP contribution < -0.4 is 20.7 Å². The van der Waals surface area contributed by atoms with Crippen LogP contribution in [0.25, 0.3) is 16.8 Å². The molecule has 2 atom stereocenters. The number of carbonyl (C=O) groups is 1. The number of carboxylic acid groups (broad SMARTS) is 1. The first kappa shape index (κ1) is 34.2. The van der Waals surface area contributed by atoms with Gasteiger partial charge >= 0.3 is 12.1 Å². The summed E-state index contributed by atoms with van der Waals surface area (Å²) in [5.41, 5.74) is 10.3. The number of halogens is 3. The molecule has 6 rings (SSSR count). The zero-order chi connectivity index (χ0) is 35.3. The number of nitrogens with one attached hydrogen (secondary N) is 1. The lowest BCUT2D eigenvalue weighted by atomic mass is 9.76. The molecule has 10 nitrogen and oxygen atoms in total. The summed E-state index contributed by atoms with van der Waals surface area (Å²) in [7, 11) is 0. The van der Waals surface area contributed by atoms with Gasteiger partial charge in [0.1, 0.15) is 11.9 Å². The van der Waals surface area contributed by atoms with E-state index in [-0.39, 0.29) is 33.9 Å². The Balaban J connectivity index is 1.33. The maximum Gasteiger partial charge on any atom is 0.429 e. The van der Waals surface area contributed by atoms with Crippen LogP contribution in [-0.2, 0) is 10.2 Å². The molecule has 2 aromatic heterocycles. The quantitative estimate of drug-likeness (QED) is 0.200. The van der Waals surface area contributed by atoms with Crippen LogP contribution >= 0.6 is 0 Å². The Labute approximate surface area is 283 Å². The summed E-state index contributed by atoms with van der Waals surface area (Å²) >= 11 is 0. The number of nitrogens with two attached hydrogens (primary N) is 1. The van der Waals surface area contributed by atoms with Crippen LogP contribution in [0.2, 0.25) is 0 Å². The molecule has 1 spiro atoms. The molecule has 0 radical (unpaired) electrons. The molecule has 2 unspecified atom stereocenters. The van der Waals surface area contributed by atoms with Crippen molar-refractivity contribution in [1.82, 2.24) is 25.1 Å². The summed E-state index contributed by atoms with van der Waals surface area (Å²) in [4.78, 5) is 21.8. The lowest BCUT2D eigenvalue weighted by Crippen LogP contribution is -2.41. The smallest absolute Gasteiger partial charge is 0.429 e. The molecule has 0 bridgehead atoms. The molecule has 2 aromatic carbocycles. The van der Waals surface area contributed by atoms with Crippen molar-refractivity contribution in [2.24, 2.45) is 5.41 Å². The highest BCUT2D eigenvalue weighted by Crippen LogP contribution is 2.43. The molecular formula is C36H42F3N7O3.